The first-order valence-electron chi connectivity index (χ1n) is 8.65. The second-order valence-electron chi connectivity index (χ2n) is 5.90. The van der Waals surface area contributed by atoms with E-state index < -0.39 is 5.97 Å². The molecule has 7 heteroatoms. The number of amidine groups is 1. The molecule has 1 aromatic carbocycles. The Morgan fingerprint density at radius 1 is 1.30 bits per heavy atom. The lowest BCUT2D eigenvalue weighted by Gasteiger charge is -2.11. The molecule has 1 amide bonds. The number of hydrogen-bond donors (Lipinski definition) is 1. The van der Waals surface area contributed by atoms with E-state index in [2.05, 4.69) is 4.99 Å². The average molecular weight is 384 g/mol. The van der Waals surface area contributed by atoms with Crippen LogP contribution in [0.5, 0.6) is 0 Å². The Labute approximate surface area is 161 Å². The predicted octanol–water partition coefficient (Wildman–Crippen LogP) is 4.27. The van der Waals surface area contributed by atoms with Crippen LogP contribution in [0.2, 0.25) is 0 Å². The average Bonchev–Trinajstić information content (AvgIpc) is 3.20. The van der Waals surface area contributed by atoms with Crippen LogP contribution in [0.25, 0.3) is 17.4 Å². The van der Waals surface area contributed by atoms with Crippen LogP contribution in [0.15, 0.2) is 44.6 Å². The summed E-state index contributed by atoms with van der Waals surface area (Å²) >= 11 is 1.34. The number of rotatable bonds is 5. The summed E-state index contributed by atoms with van der Waals surface area (Å²) in [5.41, 5.74) is 1.59. The maximum Gasteiger partial charge on any atom is 0.335 e. The first kappa shape index (κ1) is 19.0. The maximum absolute atomic E-state index is 12.5. The zero-order chi connectivity index (χ0) is 19.6. The SMILES string of the molecule is CCN=C1S/C(=C\c2ccc(-c3cccc(C(=O)O)c3C)o2)C(=O)N1CC. The van der Waals surface area contributed by atoms with E-state index in [0.717, 1.165) is 0 Å². The van der Waals surface area contributed by atoms with E-state index in [1.807, 2.05) is 19.9 Å². The molecule has 3 rings (SSSR count). The first-order valence-corrected chi connectivity index (χ1v) is 9.46. The van der Waals surface area contributed by atoms with Crippen molar-refractivity contribution >= 4 is 34.9 Å². The predicted molar refractivity (Wildman–Crippen MR) is 107 cm³/mol. The molecule has 1 aliphatic rings. The van der Waals surface area contributed by atoms with E-state index >= 15 is 0 Å². The number of amides is 1. The van der Waals surface area contributed by atoms with Gasteiger partial charge in [0.2, 0.25) is 0 Å². The molecule has 0 saturated carbocycles. The number of thioether (sulfide) groups is 1. The van der Waals surface area contributed by atoms with Crippen LogP contribution in [-0.4, -0.2) is 40.1 Å². The van der Waals surface area contributed by atoms with Crippen LogP contribution in [-0.2, 0) is 4.79 Å². The minimum atomic E-state index is -0.974. The molecule has 2 heterocycles. The molecule has 1 N–H and O–H groups in total. The molecule has 0 unspecified atom stereocenters. The van der Waals surface area contributed by atoms with Gasteiger partial charge in [0, 0.05) is 24.7 Å². The smallest absolute Gasteiger partial charge is 0.335 e. The summed E-state index contributed by atoms with van der Waals surface area (Å²) in [6.07, 6.45) is 1.70. The van der Waals surface area contributed by atoms with Crippen LogP contribution < -0.4 is 0 Å². The molecular formula is C20H20N2O4S. The van der Waals surface area contributed by atoms with E-state index in [1.54, 1.807) is 42.2 Å². The Balaban J connectivity index is 1.93. The number of benzene rings is 1. The molecule has 0 aliphatic carbocycles. The van der Waals surface area contributed by atoms with Gasteiger partial charge in [-0.1, -0.05) is 12.1 Å². The third-order valence-corrected chi connectivity index (χ3v) is 5.27. The Kier molecular flexibility index (Phi) is 5.51. The number of carboxylic acids is 1. The third kappa shape index (κ3) is 3.68. The number of carbonyl (C=O) groups excluding carboxylic acids is 1. The number of aliphatic imine (C=N–C) groups is 1. The van der Waals surface area contributed by atoms with Crippen molar-refractivity contribution in [3.63, 3.8) is 0 Å². The quantitative estimate of drug-likeness (QED) is 0.779. The van der Waals surface area contributed by atoms with Crippen molar-refractivity contribution in [2.24, 2.45) is 4.99 Å². The standard InChI is InChI=1S/C20H20N2O4S/c1-4-21-20-22(5-2)18(23)17(27-20)11-13-9-10-16(26-13)14-7-6-8-15(12(14)3)19(24)25/h6-11H,4-5H2,1-3H3,(H,24,25)/b17-11-,21-20?. The Hall–Kier alpha value is -2.80. The fraction of sp³-hybridized carbons (Fsp3) is 0.250. The van der Waals surface area contributed by atoms with Crippen molar-refractivity contribution < 1.29 is 19.1 Å². The number of aromatic carboxylic acids is 1. The second-order valence-corrected chi connectivity index (χ2v) is 6.91. The molecule has 6 nitrogen and oxygen atoms in total. The maximum atomic E-state index is 12.5. The Morgan fingerprint density at radius 2 is 2.07 bits per heavy atom. The zero-order valence-electron chi connectivity index (χ0n) is 15.4. The van der Waals surface area contributed by atoms with Crippen LogP contribution in [0, 0.1) is 6.92 Å². The Bertz CT molecular complexity index is 959. The van der Waals surface area contributed by atoms with Crippen LogP contribution in [0.3, 0.4) is 0 Å². The van der Waals surface area contributed by atoms with Gasteiger partial charge in [0.05, 0.1) is 10.5 Å². The number of hydrogen-bond acceptors (Lipinski definition) is 5. The number of nitrogens with zero attached hydrogens (tertiary/aromatic N) is 2. The van der Waals surface area contributed by atoms with Gasteiger partial charge in [-0.2, -0.15) is 0 Å². The topological polar surface area (TPSA) is 83.1 Å². The van der Waals surface area contributed by atoms with Crippen molar-refractivity contribution in [3.8, 4) is 11.3 Å². The number of furan rings is 1. The highest BCUT2D eigenvalue weighted by molar-refractivity contribution is 8.18. The molecule has 1 saturated heterocycles. The zero-order valence-corrected chi connectivity index (χ0v) is 16.2. The highest BCUT2D eigenvalue weighted by Gasteiger charge is 2.32. The highest BCUT2D eigenvalue weighted by atomic mass is 32.2. The molecule has 0 radical (unpaired) electrons. The lowest BCUT2D eigenvalue weighted by molar-refractivity contribution is -0.122. The fourth-order valence-corrected chi connectivity index (χ4v) is 3.96. The molecule has 1 aromatic heterocycles. The van der Waals surface area contributed by atoms with Crippen LogP contribution >= 0.6 is 11.8 Å². The number of likely N-dealkylation sites (N-methyl/N-ethyl adjacent to an activating group) is 1. The summed E-state index contributed by atoms with van der Waals surface area (Å²) in [6.45, 7) is 6.77. The van der Waals surface area contributed by atoms with Crippen LogP contribution in [0.1, 0.15) is 35.5 Å². The van der Waals surface area contributed by atoms with Gasteiger partial charge in [-0.15, -0.1) is 0 Å². The van der Waals surface area contributed by atoms with Gasteiger partial charge in [-0.25, -0.2) is 4.79 Å². The molecule has 0 spiro atoms. The molecule has 0 bridgehead atoms. The van der Waals surface area contributed by atoms with Gasteiger partial charge in [-0.3, -0.25) is 14.7 Å². The summed E-state index contributed by atoms with van der Waals surface area (Å²) < 4.78 is 5.87. The van der Waals surface area contributed by atoms with Crippen molar-refractivity contribution in [1.29, 1.82) is 0 Å². The van der Waals surface area contributed by atoms with Crippen molar-refractivity contribution in [3.05, 3.63) is 52.1 Å². The minimum Gasteiger partial charge on any atom is -0.478 e. The molecule has 140 valence electrons. The largest absolute Gasteiger partial charge is 0.478 e. The molecule has 1 aliphatic heterocycles. The second kappa shape index (κ2) is 7.84. The van der Waals surface area contributed by atoms with E-state index in [1.165, 1.54) is 11.8 Å². The summed E-state index contributed by atoms with van der Waals surface area (Å²) in [4.78, 5) is 30.4. The van der Waals surface area contributed by atoms with Crippen molar-refractivity contribution in [2.75, 3.05) is 13.1 Å². The molecule has 27 heavy (non-hydrogen) atoms. The lowest BCUT2D eigenvalue weighted by Crippen LogP contribution is -2.28. The van der Waals surface area contributed by atoms with Crippen LogP contribution in [0.4, 0.5) is 0 Å². The summed E-state index contributed by atoms with van der Waals surface area (Å²) in [5, 5.41) is 9.98. The number of carboxylic acid groups (broad SMARTS) is 1. The minimum absolute atomic E-state index is 0.0864. The van der Waals surface area contributed by atoms with Gasteiger partial charge < -0.3 is 9.52 Å². The van der Waals surface area contributed by atoms with Gasteiger partial charge in [0.15, 0.2) is 5.17 Å². The van der Waals surface area contributed by atoms with Crippen molar-refractivity contribution in [1.82, 2.24) is 4.90 Å². The highest BCUT2D eigenvalue weighted by Crippen LogP contribution is 2.34. The first-order chi connectivity index (χ1) is 13.0. The van der Waals surface area contributed by atoms with Gasteiger partial charge in [0.25, 0.3) is 5.91 Å². The van der Waals surface area contributed by atoms with Gasteiger partial charge in [-0.05, 0) is 56.3 Å². The van der Waals surface area contributed by atoms with E-state index in [9.17, 15) is 14.7 Å². The summed E-state index contributed by atoms with van der Waals surface area (Å²) in [7, 11) is 0. The lowest BCUT2D eigenvalue weighted by atomic mass is 10.0. The van der Waals surface area contributed by atoms with Gasteiger partial charge in [0.1, 0.15) is 11.5 Å². The summed E-state index contributed by atoms with van der Waals surface area (Å²) in [5.74, 6) is 0.0396. The van der Waals surface area contributed by atoms with Crippen molar-refractivity contribution in [2.45, 2.75) is 20.8 Å². The molecule has 2 aromatic rings. The van der Waals surface area contributed by atoms with E-state index in [0.29, 0.717) is 45.8 Å². The summed E-state index contributed by atoms with van der Waals surface area (Å²) in [6, 6.07) is 8.62. The molecular weight excluding hydrogens is 364 g/mol. The Morgan fingerprint density at radius 3 is 2.74 bits per heavy atom. The van der Waals surface area contributed by atoms with Gasteiger partial charge >= 0.3 is 5.97 Å². The number of carbonyl (C=O) groups is 2. The normalized spacial score (nSPS) is 17.3. The third-order valence-electron chi connectivity index (χ3n) is 4.23. The molecule has 1 fully saturated rings. The monoisotopic (exact) mass is 384 g/mol. The fourth-order valence-electron chi connectivity index (χ4n) is 2.88. The van der Waals surface area contributed by atoms with E-state index in [4.69, 9.17) is 4.42 Å². The molecule has 0 atom stereocenters. The van der Waals surface area contributed by atoms with E-state index in [-0.39, 0.29) is 11.5 Å².